The smallest absolute Gasteiger partial charge is 0.304 e. The fourth-order valence-electron chi connectivity index (χ4n) is 1.30. The van der Waals surface area contributed by atoms with E-state index in [0.717, 1.165) is 0 Å². The summed E-state index contributed by atoms with van der Waals surface area (Å²) in [5, 5.41) is 13.8. The Morgan fingerprint density at radius 3 is 2.28 bits per heavy atom. The number of carbonyl (C=O) groups is 3. The summed E-state index contributed by atoms with van der Waals surface area (Å²) < 4.78 is 0. The molecule has 0 spiro atoms. The fourth-order valence-corrected chi connectivity index (χ4v) is 1.30. The Bertz CT molecular complexity index is 294. The predicted octanol–water partition coefficient (Wildman–Crippen LogP) is -0.965. The summed E-state index contributed by atoms with van der Waals surface area (Å²) in [4.78, 5) is 34.2. The van der Waals surface area contributed by atoms with E-state index in [1.807, 2.05) is 6.92 Å². The van der Waals surface area contributed by atoms with Gasteiger partial charge in [0.15, 0.2) is 0 Å². The van der Waals surface area contributed by atoms with Crippen LogP contribution in [-0.4, -0.2) is 60.5 Å². The Morgan fingerprint density at radius 1 is 1.17 bits per heavy atom. The van der Waals surface area contributed by atoms with Crippen molar-refractivity contribution in [2.75, 3.05) is 32.7 Å². The molecule has 3 N–H and O–H groups in total. The maximum atomic E-state index is 11.5. The summed E-state index contributed by atoms with van der Waals surface area (Å²) in [5.41, 5.74) is 0. The predicted molar refractivity (Wildman–Crippen MR) is 66.1 cm³/mol. The van der Waals surface area contributed by atoms with E-state index in [-0.39, 0.29) is 24.8 Å². The number of likely N-dealkylation sites (N-methyl/N-ethyl adjacent to an activating group) is 1. The summed E-state index contributed by atoms with van der Waals surface area (Å²) in [6.45, 7) is 5.18. The summed E-state index contributed by atoms with van der Waals surface area (Å²) in [6, 6.07) is 0. The third kappa shape index (κ3) is 9.59. The minimum absolute atomic E-state index is 0.0208. The summed E-state index contributed by atoms with van der Waals surface area (Å²) in [5.74, 6) is -1.19. The van der Waals surface area contributed by atoms with Crippen LogP contribution in [0.5, 0.6) is 0 Å². The molecular weight excluding hydrogens is 238 g/mol. The molecule has 0 atom stereocenters. The van der Waals surface area contributed by atoms with Gasteiger partial charge in [-0.3, -0.25) is 19.3 Å². The molecule has 0 heterocycles. The highest BCUT2D eigenvalue weighted by Crippen LogP contribution is 1.91. The van der Waals surface area contributed by atoms with Gasteiger partial charge in [-0.1, -0.05) is 6.92 Å². The zero-order valence-electron chi connectivity index (χ0n) is 10.9. The summed E-state index contributed by atoms with van der Waals surface area (Å²) >= 11 is 0. The Balaban J connectivity index is 3.75. The lowest BCUT2D eigenvalue weighted by Crippen LogP contribution is -2.40. The zero-order valence-corrected chi connectivity index (χ0v) is 10.9. The number of carboxylic acid groups (broad SMARTS) is 1. The van der Waals surface area contributed by atoms with Gasteiger partial charge in [0, 0.05) is 26.6 Å². The van der Waals surface area contributed by atoms with Crippen LogP contribution in [0, 0.1) is 0 Å². The molecular formula is C11H21N3O4. The van der Waals surface area contributed by atoms with Crippen molar-refractivity contribution in [2.24, 2.45) is 0 Å². The zero-order chi connectivity index (χ0) is 14.0. The number of hydrogen-bond donors (Lipinski definition) is 3. The number of carboxylic acids is 1. The van der Waals surface area contributed by atoms with E-state index in [9.17, 15) is 14.4 Å². The molecule has 0 saturated heterocycles. The van der Waals surface area contributed by atoms with Crippen molar-refractivity contribution in [3.63, 3.8) is 0 Å². The molecule has 2 amide bonds. The SMILES string of the molecule is CCN(CCC(=O)O)CC(=O)NCCNC(C)=O. The lowest BCUT2D eigenvalue weighted by atomic mass is 10.3. The van der Waals surface area contributed by atoms with E-state index in [2.05, 4.69) is 10.6 Å². The maximum Gasteiger partial charge on any atom is 0.304 e. The van der Waals surface area contributed by atoms with Gasteiger partial charge >= 0.3 is 5.97 Å². The molecule has 7 nitrogen and oxygen atoms in total. The highest BCUT2D eigenvalue weighted by atomic mass is 16.4. The van der Waals surface area contributed by atoms with Gasteiger partial charge in [-0.25, -0.2) is 0 Å². The molecule has 0 aromatic rings. The van der Waals surface area contributed by atoms with Crippen molar-refractivity contribution in [1.29, 1.82) is 0 Å². The van der Waals surface area contributed by atoms with Gasteiger partial charge in [-0.2, -0.15) is 0 Å². The van der Waals surface area contributed by atoms with E-state index in [0.29, 0.717) is 26.2 Å². The van der Waals surface area contributed by atoms with Crippen LogP contribution < -0.4 is 10.6 Å². The molecule has 0 aliphatic carbocycles. The molecule has 18 heavy (non-hydrogen) atoms. The van der Waals surface area contributed by atoms with Crippen LogP contribution in [0.3, 0.4) is 0 Å². The molecule has 0 rings (SSSR count). The quantitative estimate of drug-likeness (QED) is 0.463. The second-order valence-corrected chi connectivity index (χ2v) is 3.85. The highest BCUT2D eigenvalue weighted by Gasteiger charge is 2.09. The molecule has 0 aliphatic rings. The minimum Gasteiger partial charge on any atom is -0.481 e. The Kier molecular flexibility index (Phi) is 8.55. The number of aliphatic carboxylic acids is 1. The highest BCUT2D eigenvalue weighted by molar-refractivity contribution is 5.78. The van der Waals surface area contributed by atoms with Crippen LogP contribution >= 0.6 is 0 Å². The third-order valence-corrected chi connectivity index (χ3v) is 2.28. The van der Waals surface area contributed by atoms with Crippen molar-refractivity contribution in [3.8, 4) is 0 Å². The van der Waals surface area contributed by atoms with E-state index >= 15 is 0 Å². The minimum atomic E-state index is -0.875. The molecule has 0 radical (unpaired) electrons. The van der Waals surface area contributed by atoms with Crippen molar-refractivity contribution in [3.05, 3.63) is 0 Å². The van der Waals surface area contributed by atoms with Crippen molar-refractivity contribution in [1.82, 2.24) is 15.5 Å². The lowest BCUT2D eigenvalue weighted by Gasteiger charge is -2.18. The Hall–Kier alpha value is -1.63. The van der Waals surface area contributed by atoms with Crippen molar-refractivity contribution < 1.29 is 19.5 Å². The number of nitrogens with zero attached hydrogens (tertiary/aromatic N) is 1. The number of nitrogens with one attached hydrogen (secondary N) is 2. The van der Waals surface area contributed by atoms with Gasteiger partial charge in [0.25, 0.3) is 0 Å². The second kappa shape index (κ2) is 9.41. The van der Waals surface area contributed by atoms with Crippen LogP contribution in [0.15, 0.2) is 0 Å². The van der Waals surface area contributed by atoms with Crippen LogP contribution in [0.2, 0.25) is 0 Å². The number of hydrogen-bond acceptors (Lipinski definition) is 4. The first kappa shape index (κ1) is 16.4. The molecule has 104 valence electrons. The number of carbonyl (C=O) groups excluding carboxylic acids is 2. The standard InChI is InChI=1S/C11H21N3O4/c1-3-14(7-4-11(17)18)8-10(16)13-6-5-12-9(2)15/h3-8H2,1-2H3,(H,12,15)(H,13,16)(H,17,18). The van der Waals surface area contributed by atoms with Gasteiger partial charge in [0.1, 0.15) is 0 Å². The normalized spacial score (nSPS) is 10.2. The molecule has 7 heteroatoms. The summed E-state index contributed by atoms with van der Waals surface area (Å²) in [6.07, 6.45) is 0.0208. The van der Waals surface area contributed by atoms with Gasteiger partial charge in [0.05, 0.1) is 13.0 Å². The maximum absolute atomic E-state index is 11.5. The average Bonchev–Trinajstić information content (AvgIpc) is 2.29. The van der Waals surface area contributed by atoms with Crippen LogP contribution in [-0.2, 0) is 14.4 Å². The lowest BCUT2D eigenvalue weighted by molar-refractivity contribution is -0.137. The average molecular weight is 259 g/mol. The number of amides is 2. The molecule has 0 aliphatic heterocycles. The molecule has 0 aromatic carbocycles. The molecule has 0 aromatic heterocycles. The monoisotopic (exact) mass is 259 g/mol. The molecule has 0 saturated carbocycles. The topological polar surface area (TPSA) is 98.7 Å². The number of rotatable bonds is 9. The van der Waals surface area contributed by atoms with Crippen LogP contribution in [0.4, 0.5) is 0 Å². The largest absolute Gasteiger partial charge is 0.481 e. The fraction of sp³-hybridized carbons (Fsp3) is 0.727. The first-order chi connectivity index (χ1) is 8.45. The van der Waals surface area contributed by atoms with E-state index < -0.39 is 5.97 Å². The molecule has 0 bridgehead atoms. The van der Waals surface area contributed by atoms with Gasteiger partial charge in [-0.15, -0.1) is 0 Å². The van der Waals surface area contributed by atoms with Crippen molar-refractivity contribution in [2.45, 2.75) is 20.3 Å². The van der Waals surface area contributed by atoms with Gasteiger partial charge in [-0.05, 0) is 6.54 Å². The van der Waals surface area contributed by atoms with E-state index in [4.69, 9.17) is 5.11 Å². The summed E-state index contributed by atoms with van der Waals surface area (Å²) in [7, 11) is 0. The van der Waals surface area contributed by atoms with Gasteiger partial charge < -0.3 is 15.7 Å². The first-order valence-electron chi connectivity index (χ1n) is 5.91. The van der Waals surface area contributed by atoms with Crippen LogP contribution in [0.25, 0.3) is 0 Å². The second-order valence-electron chi connectivity index (χ2n) is 3.85. The molecule has 0 fully saturated rings. The van der Waals surface area contributed by atoms with E-state index in [1.54, 1.807) is 4.90 Å². The van der Waals surface area contributed by atoms with Crippen LogP contribution in [0.1, 0.15) is 20.3 Å². The van der Waals surface area contributed by atoms with Crippen molar-refractivity contribution >= 4 is 17.8 Å². The Labute approximate surface area is 107 Å². The third-order valence-electron chi connectivity index (χ3n) is 2.28. The van der Waals surface area contributed by atoms with Gasteiger partial charge in [0.2, 0.25) is 11.8 Å². The Morgan fingerprint density at radius 2 is 1.78 bits per heavy atom. The molecule has 0 unspecified atom stereocenters. The first-order valence-corrected chi connectivity index (χ1v) is 5.91. The van der Waals surface area contributed by atoms with E-state index in [1.165, 1.54) is 6.92 Å².